The molecule has 1 amide bonds. The lowest BCUT2D eigenvalue weighted by Gasteiger charge is -2.06. The van der Waals surface area contributed by atoms with Crippen molar-refractivity contribution < 1.29 is 9.32 Å². The Hall–Kier alpha value is -2.10. The zero-order valence-electron chi connectivity index (χ0n) is 10.8. The van der Waals surface area contributed by atoms with Crippen molar-refractivity contribution in [2.45, 2.75) is 27.2 Å². The molecule has 0 radical (unpaired) electrons. The van der Waals surface area contributed by atoms with Crippen molar-refractivity contribution in [2.75, 3.05) is 5.32 Å². The highest BCUT2D eigenvalue weighted by Gasteiger charge is 2.17. The monoisotopic (exact) mass is 244 g/mol. The molecule has 0 bridgehead atoms. The zero-order valence-corrected chi connectivity index (χ0v) is 10.8. The van der Waals surface area contributed by atoms with E-state index in [1.165, 1.54) is 5.56 Å². The minimum Gasteiger partial charge on any atom is -0.361 e. The Morgan fingerprint density at radius 1 is 1.39 bits per heavy atom. The van der Waals surface area contributed by atoms with Crippen molar-refractivity contribution in [1.82, 2.24) is 5.16 Å². The topological polar surface area (TPSA) is 55.1 Å². The standard InChI is InChI=1S/C14H16N2O2/c1-4-11-6-5-7-12(8-11)15-14(17)13-9(2)16-18-10(13)3/h5-8H,4H2,1-3H3,(H,15,17). The molecule has 0 aliphatic carbocycles. The van der Waals surface area contributed by atoms with Gasteiger partial charge in [0.15, 0.2) is 0 Å². The summed E-state index contributed by atoms with van der Waals surface area (Å²) in [5.74, 6) is 0.358. The first kappa shape index (κ1) is 12.4. The van der Waals surface area contributed by atoms with E-state index in [9.17, 15) is 4.79 Å². The van der Waals surface area contributed by atoms with Gasteiger partial charge in [0.05, 0.1) is 5.69 Å². The summed E-state index contributed by atoms with van der Waals surface area (Å²) in [6.07, 6.45) is 0.940. The van der Waals surface area contributed by atoms with E-state index in [0.29, 0.717) is 17.0 Å². The predicted octanol–water partition coefficient (Wildman–Crippen LogP) is 3.11. The summed E-state index contributed by atoms with van der Waals surface area (Å²) in [4.78, 5) is 12.1. The molecule has 1 aromatic heterocycles. The fourth-order valence-electron chi connectivity index (χ4n) is 1.87. The molecule has 18 heavy (non-hydrogen) atoms. The number of aryl methyl sites for hydroxylation is 3. The van der Waals surface area contributed by atoms with Gasteiger partial charge in [-0.25, -0.2) is 0 Å². The molecule has 0 unspecified atom stereocenters. The number of benzene rings is 1. The summed E-state index contributed by atoms with van der Waals surface area (Å²) in [6, 6.07) is 7.80. The lowest BCUT2D eigenvalue weighted by molar-refractivity contribution is 0.102. The first-order chi connectivity index (χ1) is 8.61. The molecule has 0 aliphatic heterocycles. The van der Waals surface area contributed by atoms with Gasteiger partial charge in [-0.2, -0.15) is 0 Å². The minimum absolute atomic E-state index is 0.181. The number of amides is 1. The van der Waals surface area contributed by atoms with Crippen LogP contribution in [0, 0.1) is 13.8 Å². The number of nitrogens with one attached hydrogen (secondary N) is 1. The summed E-state index contributed by atoms with van der Waals surface area (Å²) >= 11 is 0. The van der Waals surface area contributed by atoms with Gasteiger partial charge in [-0.1, -0.05) is 24.2 Å². The molecular formula is C14H16N2O2. The number of carbonyl (C=O) groups excluding carboxylic acids is 1. The van der Waals surface area contributed by atoms with Crippen molar-refractivity contribution in [3.05, 3.63) is 46.8 Å². The fraction of sp³-hybridized carbons (Fsp3) is 0.286. The number of nitrogens with zero attached hydrogens (tertiary/aromatic N) is 1. The first-order valence-corrected chi connectivity index (χ1v) is 5.95. The average molecular weight is 244 g/mol. The molecule has 1 N–H and O–H groups in total. The van der Waals surface area contributed by atoms with Crippen LogP contribution in [0.3, 0.4) is 0 Å². The predicted molar refractivity (Wildman–Crippen MR) is 69.8 cm³/mol. The highest BCUT2D eigenvalue weighted by molar-refractivity contribution is 6.05. The lowest BCUT2D eigenvalue weighted by atomic mass is 10.1. The summed E-state index contributed by atoms with van der Waals surface area (Å²) in [7, 11) is 0. The van der Waals surface area contributed by atoms with E-state index in [2.05, 4.69) is 17.4 Å². The van der Waals surface area contributed by atoms with Gasteiger partial charge in [-0.05, 0) is 38.0 Å². The van der Waals surface area contributed by atoms with Crippen LogP contribution in [0.25, 0.3) is 0 Å². The SMILES string of the molecule is CCc1cccc(NC(=O)c2c(C)noc2C)c1. The Morgan fingerprint density at radius 3 is 2.78 bits per heavy atom. The van der Waals surface area contributed by atoms with E-state index in [4.69, 9.17) is 4.52 Å². The highest BCUT2D eigenvalue weighted by Crippen LogP contribution is 2.16. The second-order valence-corrected chi connectivity index (χ2v) is 4.21. The Labute approximate surface area is 106 Å². The molecule has 4 nitrogen and oxygen atoms in total. The van der Waals surface area contributed by atoms with Gasteiger partial charge in [0.25, 0.3) is 5.91 Å². The number of aromatic nitrogens is 1. The molecule has 0 spiro atoms. The molecule has 1 aromatic carbocycles. The summed E-state index contributed by atoms with van der Waals surface area (Å²) in [5.41, 5.74) is 3.10. The zero-order chi connectivity index (χ0) is 13.1. The Morgan fingerprint density at radius 2 is 2.17 bits per heavy atom. The average Bonchev–Trinajstić information content (AvgIpc) is 2.69. The summed E-state index contributed by atoms with van der Waals surface area (Å²) in [6.45, 7) is 5.57. The van der Waals surface area contributed by atoms with Gasteiger partial charge in [0.2, 0.25) is 0 Å². The van der Waals surface area contributed by atoms with Gasteiger partial charge >= 0.3 is 0 Å². The van der Waals surface area contributed by atoms with Gasteiger partial charge < -0.3 is 9.84 Å². The van der Waals surface area contributed by atoms with Crippen molar-refractivity contribution in [3.8, 4) is 0 Å². The maximum atomic E-state index is 12.1. The molecule has 4 heteroatoms. The molecule has 0 fully saturated rings. The van der Waals surface area contributed by atoms with Crippen LogP contribution in [0.15, 0.2) is 28.8 Å². The molecule has 0 saturated heterocycles. The second kappa shape index (κ2) is 5.04. The molecule has 2 rings (SSSR count). The van der Waals surface area contributed by atoms with E-state index in [1.54, 1.807) is 13.8 Å². The van der Waals surface area contributed by atoms with Crippen molar-refractivity contribution in [3.63, 3.8) is 0 Å². The third-order valence-corrected chi connectivity index (χ3v) is 2.85. The molecular weight excluding hydrogens is 228 g/mol. The van der Waals surface area contributed by atoms with E-state index in [0.717, 1.165) is 12.1 Å². The summed E-state index contributed by atoms with van der Waals surface area (Å²) in [5, 5.41) is 6.64. The van der Waals surface area contributed by atoms with E-state index in [-0.39, 0.29) is 5.91 Å². The maximum Gasteiger partial charge on any atom is 0.261 e. The molecule has 0 saturated carbocycles. The number of carbonyl (C=O) groups is 1. The van der Waals surface area contributed by atoms with E-state index < -0.39 is 0 Å². The van der Waals surface area contributed by atoms with Crippen LogP contribution in [0.2, 0.25) is 0 Å². The number of rotatable bonds is 3. The first-order valence-electron chi connectivity index (χ1n) is 5.95. The minimum atomic E-state index is -0.181. The number of hydrogen-bond acceptors (Lipinski definition) is 3. The largest absolute Gasteiger partial charge is 0.361 e. The summed E-state index contributed by atoms with van der Waals surface area (Å²) < 4.78 is 4.99. The fourth-order valence-corrected chi connectivity index (χ4v) is 1.87. The van der Waals surface area contributed by atoms with Gasteiger partial charge in [-0.15, -0.1) is 0 Å². The van der Waals surface area contributed by atoms with E-state index >= 15 is 0 Å². The molecule has 0 aliphatic rings. The van der Waals surface area contributed by atoms with Crippen LogP contribution < -0.4 is 5.32 Å². The molecule has 1 heterocycles. The van der Waals surface area contributed by atoms with Gasteiger partial charge in [0.1, 0.15) is 11.3 Å². The highest BCUT2D eigenvalue weighted by atomic mass is 16.5. The smallest absolute Gasteiger partial charge is 0.261 e. The second-order valence-electron chi connectivity index (χ2n) is 4.21. The third-order valence-electron chi connectivity index (χ3n) is 2.85. The van der Waals surface area contributed by atoms with Crippen LogP contribution in [-0.4, -0.2) is 11.1 Å². The Kier molecular flexibility index (Phi) is 3.46. The van der Waals surface area contributed by atoms with Crippen LogP contribution >= 0.6 is 0 Å². The number of anilines is 1. The molecule has 94 valence electrons. The number of hydrogen-bond donors (Lipinski definition) is 1. The normalized spacial score (nSPS) is 10.4. The van der Waals surface area contributed by atoms with Crippen molar-refractivity contribution >= 4 is 11.6 Å². The van der Waals surface area contributed by atoms with Crippen molar-refractivity contribution in [2.24, 2.45) is 0 Å². The quantitative estimate of drug-likeness (QED) is 0.902. The van der Waals surface area contributed by atoms with Crippen LogP contribution in [0.1, 0.15) is 34.3 Å². The lowest BCUT2D eigenvalue weighted by Crippen LogP contribution is -2.13. The van der Waals surface area contributed by atoms with Crippen LogP contribution in [0.5, 0.6) is 0 Å². The Bertz CT molecular complexity index is 553. The van der Waals surface area contributed by atoms with Crippen molar-refractivity contribution in [1.29, 1.82) is 0 Å². The maximum absolute atomic E-state index is 12.1. The molecule has 2 aromatic rings. The van der Waals surface area contributed by atoms with Crippen LogP contribution in [-0.2, 0) is 6.42 Å². The third kappa shape index (κ3) is 2.42. The van der Waals surface area contributed by atoms with Gasteiger partial charge in [-0.3, -0.25) is 4.79 Å². The van der Waals surface area contributed by atoms with Crippen LogP contribution in [0.4, 0.5) is 5.69 Å². The molecule has 0 atom stereocenters. The Balaban J connectivity index is 2.21. The van der Waals surface area contributed by atoms with E-state index in [1.807, 2.05) is 24.3 Å². The van der Waals surface area contributed by atoms with Gasteiger partial charge in [0, 0.05) is 5.69 Å².